The molecule has 2 aromatic heterocycles. The molecule has 0 aliphatic rings. The number of pyridine rings is 2. The van der Waals surface area contributed by atoms with Crippen LogP contribution >= 0.6 is 0 Å². The second-order valence-electron chi connectivity index (χ2n) is 10.8. The number of nitrogens with zero attached hydrogens (tertiary/aromatic N) is 2. The number of para-hydroxylation sites is 2. The maximum atomic E-state index is 10.5. The smallest absolute Gasteiger partial charge is 0.124 e. The first-order valence-electron chi connectivity index (χ1n) is 11.6. The summed E-state index contributed by atoms with van der Waals surface area (Å²) in [5.74, 6) is 0.386. The highest BCUT2D eigenvalue weighted by molar-refractivity contribution is 5.74. The van der Waals surface area contributed by atoms with E-state index in [0.717, 1.165) is 22.5 Å². The molecule has 4 heteroatoms. The third-order valence-electron chi connectivity index (χ3n) is 6.01. The Balaban J connectivity index is 2.00. The minimum absolute atomic E-state index is 0.126. The molecule has 0 fully saturated rings. The van der Waals surface area contributed by atoms with E-state index in [1.807, 2.05) is 36.4 Å². The highest BCUT2D eigenvalue weighted by Crippen LogP contribution is 2.37. The summed E-state index contributed by atoms with van der Waals surface area (Å²) in [7, 11) is 0. The highest BCUT2D eigenvalue weighted by atomic mass is 16.3. The van der Waals surface area contributed by atoms with E-state index in [9.17, 15) is 10.2 Å². The maximum Gasteiger partial charge on any atom is 0.124 e. The Morgan fingerprint density at radius 1 is 0.500 bits per heavy atom. The van der Waals surface area contributed by atoms with Crippen molar-refractivity contribution in [2.24, 2.45) is 0 Å². The summed E-state index contributed by atoms with van der Waals surface area (Å²) in [4.78, 5) is 9.89. The summed E-state index contributed by atoms with van der Waals surface area (Å²) in [6, 6.07) is 22.7. The molecule has 2 heterocycles. The van der Waals surface area contributed by atoms with Crippen LogP contribution in [0.25, 0.3) is 33.9 Å². The molecule has 0 bridgehead atoms. The van der Waals surface area contributed by atoms with Crippen molar-refractivity contribution in [1.29, 1.82) is 0 Å². The van der Waals surface area contributed by atoms with E-state index in [-0.39, 0.29) is 22.3 Å². The Kier molecular flexibility index (Phi) is 5.94. The molecule has 0 unspecified atom stereocenters. The van der Waals surface area contributed by atoms with Crippen molar-refractivity contribution in [2.75, 3.05) is 0 Å². The number of hydrogen-bond donors (Lipinski definition) is 2. The van der Waals surface area contributed by atoms with Gasteiger partial charge in [0.25, 0.3) is 0 Å². The molecule has 2 aromatic carbocycles. The van der Waals surface area contributed by atoms with Gasteiger partial charge in [0.05, 0.1) is 22.8 Å². The zero-order valence-corrected chi connectivity index (χ0v) is 20.7. The van der Waals surface area contributed by atoms with Crippen molar-refractivity contribution in [3.63, 3.8) is 0 Å². The number of benzene rings is 2. The Morgan fingerprint density at radius 3 is 1.15 bits per heavy atom. The van der Waals surface area contributed by atoms with Crippen LogP contribution in [0.15, 0.2) is 72.8 Å². The molecule has 0 saturated heterocycles. The first kappa shape index (κ1) is 23.5. The molecule has 0 saturated carbocycles. The lowest BCUT2D eigenvalue weighted by molar-refractivity contribution is 0.476. The topological polar surface area (TPSA) is 66.2 Å². The summed E-state index contributed by atoms with van der Waals surface area (Å²) >= 11 is 0. The second-order valence-corrected chi connectivity index (χ2v) is 10.8. The first-order valence-corrected chi connectivity index (χ1v) is 11.6. The van der Waals surface area contributed by atoms with Gasteiger partial charge in [0, 0.05) is 11.1 Å². The van der Waals surface area contributed by atoms with Crippen LogP contribution in [0.2, 0.25) is 0 Å². The summed E-state index contributed by atoms with van der Waals surface area (Å²) in [5.41, 5.74) is 6.18. The van der Waals surface area contributed by atoms with Crippen LogP contribution in [0.4, 0.5) is 0 Å². The van der Waals surface area contributed by atoms with Crippen molar-refractivity contribution in [1.82, 2.24) is 9.97 Å². The van der Waals surface area contributed by atoms with Crippen LogP contribution in [0.3, 0.4) is 0 Å². The average molecular weight is 453 g/mol. The van der Waals surface area contributed by atoms with E-state index >= 15 is 0 Å². The quantitative estimate of drug-likeness (QED) is 0.338. The van der Waals surface area contributed by atoms with Gasteiger partial charge in [0.15, 0.2) is 0 Å². The fraction of sp³-hybridized carbons (Fsp3) is 0.267. The summed E-state index contributed by atoms with van der Waals surface area (Å²) in [5, 5.41) is 21.0. The van der Waals surface area contributed by atoms with Crippen LogP contribution in [0.1, 0.15) is 52.7 Å². The third-order valence-corrected chi connectivity index (χ3v) is 6.01. The van der Waals surface area contributed by atoms with Gasteiger partial charge in [0.1, 0.15) is 11.5 Å². The molecule has 0 atom stereocenters. The van der Waals surface area contributed by atoms with E-state index < -0.39 is 0 Å². The van der Waals surface area contributed by atoms with Gasteiger partial charge in [-0.05, 0) is 70.5 Å². The average Bonchev–Trinajstić information content (AvgIpc) is 2.78. The Morgan fingerprint density at radius 2 is 0.824 bits per heavy atom. The zero-order chi connectivity index (χ0) is 24.7. The minimum atomic E-state index is -0.126. The van der Waals surface area contributed by atoms with E-state index in [2.05, 4.69) is 53.7 Å². The van der Waals surface area contributed by atoms with Crippen LogP contribution < -0.4 is 0 Å². The van der Waals surface area contributed by atoms with Crippen molar-refractivity contribution in [3.05, 3.63) is 83.9 Å². The largest absolute Gasteiger partial charge is 0.507 e. The number of phenols is 2. The molecule has 0 aliphatic heterocycles. The van der Waals surface area contributed by atoms with Crippen LogP contribution in [-0.4, -0.2) is 20.2 Å². The lowest BCUT2D eigenvalue weighted by atomic mass is 9.84. The molecule has 4 aromatic rings. The third kappa shape index (κ3) is 4.81. The van der Waals surface area contributed by atoms with Crippen molar-refractivity contribution >= 4 is 0 Å². The SMILES string of the molecule is CC(C)(C)c1cc(-c2cc(C(C)(C)C)cc(-c3ccccc3O)n2)nc(-c2ccccc2O)c1. The van der Waals surface area contributed by atoms with E-state index in [1.165, 1.54) is 0 Å². The van der Waals surface area contributed by atoms with Crippen molar-refractivity contribution in [3.8, 4) is 45.4 Å². The normalized spacial score (nSPS) is 12.1. The number of hydrogen-bond acceptors (Lipinski definition) is 4. The Labute approximate surface area is 202 Å². The molecule has 34 heavy (non-hydrogen) atoms. The van der Waals surface area contributed by atoms with Gasteiger partial charge in [-0.15, -0.1) is 0 Å². The van der Waals surface area contributed by atoms with Gasteiger partial charge in [-0.25, -0.2) is 9.97 Å². The van der Waals surface area contributed by atoms with Crippen molar-refractivity contribution in [2.45, 2.75) is 52.4 Å². The first-order chi connectivity index (χ1) is 15.9. The standard InChI is InChI=1S/C30H32N2O2/c1-29(2,3)19-15-23(21-11-7-9-13-27(21)33)31-25(17-19)26-18-20(30(4,5)6)16-24(32-26)22-12-8-10-14-28(22)34/h7-18,33-34H,1-6H3. The van der Waals surface area contributed by atoms with Crippen molar-refractivity contribution < 1.29 is 10.2 Å². The monoisotopic (exact) mass is 452 g/mol. The number of aromatic hydroxyl groups is 2. The minimum Gasteiger partial charge on any atom is -0.507 e. The summed E-state index contributed by atoms with van der Waals surface area (Å²) in [6.07, 6.45) is 0. The molecule has 0 radical (unpaired) electrons. The fourth-order valence-corrected chi connectivity index (χ4v) is 3.85. The highest BCUT2D eigenvalue weighted by Gasteiger charge is 2.22. The lowest BCUT2D eigenvalue weighted by Gasteiger charge is -2.23. The predicted molar refractivity (Wildman–Crippen MR) is 139 cm³/mol. The fourth-order valence-electron chi connectivity index (χ4n) is 3.85. The molecule has 4 nitrogen and oxygen atoms in total. The van der Waals surface area contributed by atoms with Gasteiger partial charge in [0.2, 0.25) is 0 Å². The predicted octanol–water partition coefficient (Wildman–Crippen LogP) is 7.48. The molecule has 4 rings (SSSR count). The molecule has 174 valence electrons. The van der Waals surface area contributed by atoms with E-state index in [4.69, 9.17) is 9.97 Å². The van der Waals surface area contributed by atoms with Crippen LogP contribution in [0, 0.1) is 0 Å². The van der Waals surface area contributed by atoms with Gasteiger partial charge in [-0.2, -0.15) is 0 Å². The van der Waals surface area contributed by atoms with Gasteiger partial charge in [-0.3, -0.25) is 0 Å². The molecular formula is C30H32N2O2. The Hall–Kier alpha value is -3.66. The van der Waals surface area contributed by atoms with E-state index in [0.29, 0.717) is 22.5 Å². The maximum absolute atomic E-state index is 10.5. The number of rotatable bonds is 3. The van der Waals surface area contributed by atoms with Gasteiger partial charge < -0.3 is 10.2 Å². The zero-order valence-electron chi connectivity index (χ0n) is 20.7. The second kappa shape index (κ2) is 8.60. The summed E-state index contributed by atoms with van der Waals surface area (Å²) < 4.78 is 0. The molecule has 0 spiro atoms. The van der Waals surface area contributed by atoms with Crippen LogP contribution in [0.5, 0.6) is 11.5 Å². The van der Waals surface area contributed by atoms with Crippen LogP contribution in [-0.2, 0) is 10.8 Å². The molecule has 2 N–H and O–H groups in total. The molecule has 0 amide bonds. The summed E-state index contributed by atoms with van der Waals surface area (Å²) in [6.45, 7) is 13.0. The van der Waals surface area contributed by atoms with Gasteiger partial charge in [-0.1, -0.05) is 65.8 Å². The molecule has 0 aliphatic carbocycles. The number of aromatic nitrogens is 2. The molecular weight excluding hydrogens is 420 g/mol. The van der Waals surface area contributed by atoms with E-state index in [1.54, 1.807) is 24.3 Å². The van der Waals surface area contributed by atoms with Gasteiger partial charge >= 0.3 is 0 Å². The number of phenolic OH excluding ortho intramolecular Hbond substituents is 2. The Bertz CT molecular complexity index is 1240. The lowest BCUT2D eigenvalue weighted by Crippen LogP contribution is -2.13.